The standard InChI is InChI=1S/C15H27N3O3/c1-3-17-14(19)13-9-21-7-6-18(13)15(20)11-8-10(2)4-5-12(11)16/h10-13H,3-9,16H2,1-2H3,(H,17,19). The van der Waals surface area contributed by atoms with Crippen molar-refractivity contribution in [3.05, 3.63) is 0 Å². The molecule has 6 heteroatoms. The molecule has 4 atom stereocenters. The SMILES string of the molecule is CCNC(=O)C1COCCN1C(=O)C1CC(C)CCC1N. The van der Waals surface area contributed by atoms with E-state index in [0.29, 0.717) is 25.6 Å². The second-order valence-electron chi connectivity index (χ2n) is 6.21. The monoisotopic (exact) mass is 297 g/mol. The van der Waals surface area contributed by atoms with Crippen LogP contribution in [0.5, 0.6) is 0 Å². The van der Waals surface area contributed by atoms with Gasteiger partial charge < -0.3 is 20.7 Å². The Kier molecular flexibility index (Phi) is 5.58. The van der Waals surface area contributed by atoms with E-state index in [4.69, 9.17) is 10.5 Å². The van der Waals surface area contributed by atoms with Crippen LogP contribution < -0.4 is 11.1 Å². The van der Waals surface area contributed by atoms with E-state index in [0.717, 1.165) is 19.3 Å². The average Bonchev–Trinajstić information content (AvgIpc) is 2.49. The predicted octanol–water partition coefficient (Wildman–Crippen LogP) is 0.113. The van der Waals surface area contributed by atoms with Crippen LogP contribution in [0.1, 0.15) is 33.1 Å². The summed E-state index contributed by atoms with van der Waals surface area (Å²) in [5, 5.41) is 2.78. The van der Waals surface area contributed by atoms with E-state index in [1.807, 2.05) is 6.92 Å². The number of carbonyl (C=O) groups is 2. The smallest absolute Gasteiger partial charge is 0.245 e. The van der Waals surface area contributed by atoms with Crippen molar-refractivity contribution in [2.24, 2.45) is 17.6 Å². The average molecular weight is 297 g/mol. The van der Waals surface area contributed by atoms with Crippen molar-refractivity contribution in [2.75, 3.05) is 26.3 Å². The third-order valence-electron chi connectivity index (χ3n) is 4.55. The number of morpholine rings is 1. The molecule has 2 aliphatic rings. The van der Waals surface area contributed by atoms with Crippen molar-refractivity contribution in [1.82, 2.24) is 10.2 Å². The molecule has 21 heavy (non-hydrogen) atoms. The number of nitrogens with two attached hydrogens (primary N) is 1. The van der Waals surface area contributed by atoms with Crippen LogP contribution >= 0.6 is 0 Å². The van der Waals surface area contributed by atoms with E-state index in [1.165, 1.54) is 0 Å². The molecule has 1 aliphatic carbocycles. The summed E-state index contributed by atoms with van der Waals surface area (Å²) in [6.07, 6.45) is 2.78. The maximum atomic E-state index is 12.8. The van der Waals surface area contributed by atoms with E-state index in [9.17, 15) is 9.59 Å². The normalized spacial score (nSPS) is 33.6. The van der Waals surface area contributed by atoms with E-state index >= 15 is 0 Å². The minimum atomic E-state index is -0.518. The van der Waals surface area contributed by atoms with E-state index in [1.54, 1.807) is 4.90 Å². The van der Waals surface area contributed by atoms with Gasteiger partial charge in [0.15, 0.2) is 0 Å². The Balaban J connectivity index is 2.08. The van der Waals surface area contributed by atoms with Gasteiger partial charge in [-0.2, -0.15) is 0 Å². The van der Waals surface area contributed by atoms with Crippen LogP contribution in [-0.4, -0.2) is 55.1 Å². The Bertz CT molecular complexity index is 388. The molecule has 2 rings (SSSR count). The summed E-state index contributed by atoms with van der Waals surface area (Å²) in [5.41, 5.74) is 6.15. The zero-order valence-electron chi connectivity index (χ0n) is 13.0. The van der Waals surface area contributed by atoms with E-state index in [-0.39, 0.29) is 30.4 Å². The fraction of sp³-hybridized carbons (Fsp3) is 0.867. The van der Waals surface area contributed by atoms with Crippen LogP contribution in [0.4, 0.5) is 0 Å². The summed E-state index contributed by atoms with van der Waals surface area (Å²) < 4.78 is 5.38. The molecule has 1 heterocycles. The van der Waals surface area contributed by atoms with Gasteiger partial charge in [-0.05, 0) is 32.1 Å². The lowest BCUT2D eigenvalue weighted by Gasteiger charge is -2.40. The highest BCUT2D eigenvalue weighted by molar-refractivity contribution is 5.89. The number of hydrogen-bond acceptors (Lipinski definition) is 4. The van der Waals surface area contributed by atoms with Gasteiger partial charge in [-0.1, -0.05) is 6.92 Å². The van der Waals surface area contributed by atoms with Gasteiger partial charge in [0.1, 0.15) is 6.04 Å². The minimum Gasteiger partial charge on any atom is -0.377 e. The number of amides is 2. The molecule has 0 radical (unpaired) electrons. The van der Waals surface area contributed by atoms with Crippen molar-refractivity contribution >= 4 is 11.8 Å². The number of nitrogens with one attached hydrogen (secondary N) is 1. The third-order valence-corrected chi connectivity index (χ3v) is 4.55. The fourth-order valence-corrected chi connectivity index (χ4v) is 3.28. The molecule has 2 amide bonds. The second-order valence-corrected chi connectivity index (χ2v) is 6.21. The molecule has 0 aromatic carbocycles. The third kappa shape index (κ3) is 3.74. The molecule has 0 aromatic rings. The van der Waals surface area contributed by atoms with Crippen LogP contribution in [0.25, 0.3) is 0 Å². The molecule has 3 N–H and O–H groups in total. The molecule has 1 saturated heterocycles. The summed E-state index contributed by atoms with van der Waals surface area (Å²) in [4.78, 5) is 26.6. The Morgan fingerprint density at radius 1 is 1.38 bits per heavy atom. The predicted molar refractivity (Wildman–Crippen MR) is 79.5 cm³/mol. The van der Waals surface area contributed by atoms with E-state index < -0.39 is 6.04 Å². The molecule has 1 saturated carbocycles. The molecular weight excluding hydrogens is 270 g/mol. The Morgan fingerprint density at radius 3 is 2.86 bits per heavy atom. The van der Waals surface area contributed by atoms with Crippen molar-refractivity contribution in [3.63, 3.8) is 0 Å². The second kappa shape index (κ2) is 7.22. The summed E-state index contributed by atoms with van der Waals surface area (Å²) in [6.45, 7) is 5.81. The van der Waals surface area contributed by atoms with Gasteiger partial charge in [0.05, 0.1) is 19.1 Å². The van der Waals surface area contributed by atoms with Crippen LogP contribution in [0.3, 0.4) is 0 Å². The molecule has 6 nitrogen and oxygen atoms in total. The lowest BCUT2D eigenvalue weighted by atomic mass is 9.78. The summed E-state index contributed by atoms with van der Waals surface area (Å²) in [5.74, 6) is 0.239. The van der Waals surface area contributed by atoms with Crippen molar-refractivity contribution in [1.29, 1.82) is 0 Å². The lowest BCUT2D eigenvalue weighted by Crippen LogP contribution is -2.59. The molecule has 0 bridgehead atoms. The maximum absolute atomic E-state index is 12.8. The van der Waals surface area contributed by atoms with Gasteiger partial charge in [0, 0.05) is 19.1 Å². The van der Waals surface area contributed by atoms with Gasteiger partial charge in [0.25, 0.3) is 0 Å². The van der Waals surface area contributed by atoms with Crippen molar-refractivity contribution in [3.8, 4) is 0 Å². The van der Waals surface area contributed by atoms with Gasteiger partial charge in [0.2, 0.25) is 11.8 Å². The molecule has 1 aliphatic heterocycles. The highest BCUT2D eigenvalue weighted by atomic mass is 16.5. The van der Waals surface area contributed by atoms with Crippen LogP contribution in [-0.2, 0) is 14.3 Å². The lowest BCUT2D eigenvalue weighted by molar-refractivity contribution is -0.153. The molecule has 2 fully saturated rings. The highest BCUT2D eigenvalue weighted by Gasteiger charge is 2.39. The molecular formula is C15H27N3O3. The molecule has 4 unspecified atom stereocenters. The molecule has 120 valence electrons. The molecule has 0 aromatic heterocycles. The molecule has 0 spiro atoms. The highest BCUT2D eigenvalue weighted by Crippen LogP contribution is 2.30. The largest absolute Gasteiger partial charge is 0.377 e. The van der Waals surface area contributed by atoms with Gasteiger partial charge in [-0.3, -0.25) is 9.59 Å². The summed E-state index contributed by atoms with van der Waals surface area (Å²) in [6, 6.07) is -0.609. The zero-order chi connectivity index (χ0) is 15.4. The Morgan fingerprint density at radius 2 is 2.14 bits per heavy atom. The minimum absolute atomic E-state index is 0.0219. The van der Waals surface area contributed by atoms with Gasteiger partial charge in [-0.25, -0.2) is 0 Å². The van der Waals surface area contributed by atoms with Crippen molar-refractivity contribution in [2.45, 2.75) is 45.2 Å². The summed E-state index contributed by atoms with van der Waals surface area (Å²) >= 11 is 0. The van der Waals surface area contributed by atoms with E-state index in [2.05, 4.69) is 12.2 Å². The summed E-state index contributed by atoms with van der Waals surface area (Å²) in [7, 11) is 0. The number of rotatable bonds is 3. The first-order valence-corrected chi connectivity index (χ1v) is 7.96. The first-order chi connectivity index (χ1) is 10.0. The Hall–Kier alpha value is -1.14. The van der Waals surface area contributed by atoms with Gasteiger partial charge >= 0.3 is 0 Å². The number of likely N-dealkylation sites (N-methyl/N-ethyl adjacent to an activating group) is 1. The van der Waals surface area contributed by atoms with Gasteiger partial charge in [-0.15, -0.1) is 0 Å². The zero-order valence-corrected chi connectivity index (χ0v) is 13.0. The maximum Gasteiger partial charge on any atom is 0.245 e. The topological polar surface area (TPSA) is 84.7 Å². The first-order valence-electron chi connectivity index (χ1n) is 7.96. The van der Waals surface area contributed by atoms with Crippen LogP contribution in [0.15, 0.2) is 0 Å². The number of hydrogen-bond donors (Lipinski definition) is 2. The quantitative estimate of drug-likeness (QED) is 0.774. The number of nitrogens with zero attached hydrogens (tertiary/aromatic N) is 1. The van der Waals surface area contributed by atoms with Crippen LogP contribution in [0, 0.1) is 11.8 Å². The number of carbonyl (C=O) groups excluding carboxylic acids is 2. The van der Waals surface area contributed by atoms with Crippen LogP contribution in [0.2, 0.25) is 0 Å². The van der Waals surface area contributed by atoms with Crippen molar-refractivity contribution < 1.29 is 14.3 Å². The fourth-order valence-electron chi connectivity index (χ4n) is 3.28. The number of ether oxygens (including phenoxy) is 1. The first kappa shape index (κ1) is 16.2. The Labute approximate surface area is 126 Å².